The van der Waals surface area contributed by atoms with Crippen LogP contribution in [0.5, 0.6) is 11.5 Å². The molecule has 0 amide bonds. The minimum Gasteiger partial charge on any atom is -0.493 e. The second-order valence-electron chi connectivity index (χ2n) is 5.94. The predicted molar refractivity (Wildman–Crippen MR) is 104 cm³/mol. The van der Waals surface area contributed by atoms with Crippen molar-refractivity contribution < 1.29 is 19.0 Å². The highest BCUT2D eigenvalue weighted by Gasteiger charge is 2.14. The van der Waals surface area contributed by atoms with E-state index in [1.807, 2.05) is 18.2 Å². The van der Waals surface area contributed by atoms with Gasteiger partial charge in [0.25, 0.3) is 5.78 Å². The van der Waals surface area contributed by atoms with Gasteiger partial charge in [-0.25, -0.2) is 14.3 Å². The first-order chi connectivity index (χ1) is 13.6. The molecule has 0 bridgehead atoms. The second kappa shape index (κ2) is 7.10. The van der Waals surface area contributed by atoms with Crippen molar-refractivity contribution in [2.75, 3.05) is 26.1 Å². The summed E-state index contributed by atoms with van der Waals surface area (Å²) in [6.07, 6.45) is 0. The molecule has 28 heavy (non-hydrogen) atoms. The third kappa shape index (κ3) is 3.07. The van der Waals surface area contributed by atoms with Gasteiger partial charge in [0, 0.05) is 11.8 Å². The first-order valence-corrected chi connectivity index (χ1v) is 8.67. The molecule has 2 aromatic carbocycles. The summed E-state index contributed by atoms with van der Waals surface area (Å²) in [5, 5.41) is 6.33. The summed E-state index contributed by atoms with van der Waals surface area (Å²) >= 11 is 0. The zero-order valence-corrected chi connectivity index (χ0v) is 15.6. The van der Waals surface area contributed by atoms with E-state index in [1.54, 1.807) is 43.9 Å². The Hall–Kier alpha value is -3.75. The Bertz CT molecular complexity index is 1160. The molecule has 4 rings (SSSR count). The summed E-state index contributed by atoms with van der Waals surface area (Å²) in [7, 11) is 3.17. The maximum atomic E-state index is 11.9. The summed E-state index contributed by atoms with van der Waals surface area (Å²) in [6.45, 7) is 2.10. The lowest BCUT2D eigenvalue weighted by Crippen LogP contribution is -2.04. The van der Waals surface area contributed by atoms with E-state index in [2.05, 4.69) is 20.4 Å². The molecule has 9 nitrogen and oxygen atoms in total. The maximum absolute atomic E-state index is 11.9. The smallest absolute Gasteiger partial charge is 0.338 e. The number of ether oxygens (including phenoxy) is 3. The fourth-order valence-corrected chi connectivity index (χ4v) is 2.93. The molecule has 0 fully saturated rings. The standard InChI is InChI=1S/C19H19N5O4/c1-4-28-17(25)11-5-7-14-13(9-11)21-19-22-18(23-24(14)19)20-12-6-8-15(26-2)16(10-12)27-3/h5-10H,4H2,1-3H3,(H2,20,21,22,23). The highest BCUT2D eigenvalue weighted by Crippen LogP contribution is 2.30. The number of nitrogens with one attached hydrogen (secondary N) is 2. The largest absolute Gasteiger partial charge is 0.493 e. The summed E-state index contributed by atoms with van der Waals surface area (Å²) in [5.74, 6) is 1.89. The molecular weight excluding hydrogens is 362 g/mol. The number of aromatic amines is 1. The number of aromatic nitrogens is 4. The van der Waals surface area contributed by atoms with Gasteiger partial charge in [-0.3, -0.25) is 5.10 Å². The molecule has 4 aromatic rings. The van der Waals surface area contributed by atoms with Crippen molar-refractivity contribution in [3.05, 3.63) is 42.0 Å². The van der Waals surface area contributed by atoms with Crippen LogP contribution in [0.2, 0.25) is 0 Å². The normalized spacial score (nSPS) is 11.0. The lowest BCUT2D eigenvalue weighted by atomic mass is 10.2. The van der Waals surface area contributed by atoms with Gasteiger partial charge < -0.3 is 19.5 Å². The van der Waals surface area contributed by atoms with Crippen LogP contribution < -0.4 is 14.8 Å². The molecule has 0 aliphatic rings. The number of hydrogen-bond donors (Lipinski definition) is 2. The molecule has 0 saturated carbocycles. The topological polar surface area (TPSA) is 103 Å². The lowest BCUT2D eigenvalue weighted by molar-refractivity contribution is 0.0526. The van der Waals surface area contributed by atoms with Gasteiger partial charge in [0.05, 0.1) is 37.4 Å². The quantitative estimate of drug-likeness (QED) is 0.495. The first kappa shape index (κ1) is 17.7. The number of H-pyrrole nitrogens is 1. The molecule has 0 radical (unpaired) electrons. The minimum atomic E-state index is -0.371. The van der Waals surface area contributed by atoms with Crippen LogP contribution in [0.1, 0.15) is 17.3 Å². The van der Waals surface area contributed by atoms with Gasteiger partial charge in [-0.2, -0.15) is 4.98 Å². The fraction of sp³-hybridized carbons (Fsp3) is 0.211. The van der Waals surface area contributed by atoms with Crippen molar-refractivity contribution in [1.82, 2.24) is 19.6 Å². The van der Waals surface area contributed by atoms with Gasteiger partial charge in [0.2, 0.25) is 5.95 Å². The number of methoxy groups -OCH3 is 2. The first-order valence-electron chi connectivity index (χ1n) is 8.67. The van der Waals surface area contributed by atoms with Crippen molar-refractivity contribution in [2.45, 2.75) is 6.92 Å². The van der Waals surface area contributed by atoms with Gasteiger partial charge in [-0.1, -0.05) is 0 Å². The van der Waals surface area contributed by atoms with E-state index in [1.165, 1.54) is 0 Å². The third-order valence-electron chi connectivity index (χ3n) is 4.22. The average Bonchev–Trinajstić information content (AvgIpc) is 3.24. The molecule has 144 valence electrons. The Labute approximate surface area is 160 Å². The van der Waals surface area contributed by atoms with Crippen LogP contribution in [0.25, 0.3) is 16.8 Å². The molecule has 0 spiro atoms. The highest BCUT2D eigenvalue weighted by atomic mass is 16.5. The Morgan fingerprint density at radius 3 is 2.68 bits per heavy atom. The van der Waals surface area contributed by atoms with Gasteiger partial charge in [-0.05, 0) is 37.3 Å². The van der Waals surface area contributed by atoms with Crippen LogP contribution >= 0.6 is 0 Å². The van der Waals surface area contributed by atoms with Crippen LogP contribution in [0, 0.1) is 0 Å². The number of fused-ring (bicyclic) bond motifs is 3. The predicted octanol–water partition coefficient (Wildman–Crippen LogP) is 3.15. The molecule has 0 unspecified atom stereocenters. The Balaban J connectivity index is 1.64. The van der Waals surface area contributed by atoms with Crippen molar-refractivity contribution in [1.29, 1.82) is 0 Å². The number of rotatable bonds is 6. The molecular formula is C19H19N5O4. The van der Waals surface area contributed by atoms with Crippen LogP contribution in [-0.2, 0) is 4.74 Å². The molecule has 2 heterocycles. The molecule has 0 aliphatic heterocycles. The van der Waals surface area contributed by atoms with E-state index in [0.29, 0.717) is 40.9 Å². The molecule has 9 heteroatoms. The molecule has 0 saturated heterocycles. The van der Waals surface area contributed by atoms with E-state index in [9.17, 15) is 4.79 Å². The summed E-state index contributed by atoms with van der Waals surface area (Å²) in [5.41, 5.74) is 2.69. The number of imidazole rings is 1. The SMILES string of the molecule is CCOC(=O)c1ccc2c(c1)nc1nc(Nc3ccc(OC)c(OC)c3)[nH]n12. The van der Waals surface area contributed by atoms with E-state index in [4.69, 9.17) is 14.2 Å². The third-order valence-corrected chi connectivity index (χ3v) is 4.22. The average molecular weight is 381 g/mol. The molecule has 0 atom stereocenters. The van der Waals surface area contributed by atoms with Crippen LogP contribution in [-0.4, -0.2) is 46.4 Å². The number of anilines is 2. The van der Waals surface area contributed by atoms with Crippen LogP contribution in [0.15, 0.2) is 36.4 Å². The van der Waals surface area contributed by atoms with E-state index < -0.39 is 0 Å². The van der Waals surface area contributed by atoms with Crippen molar-refractivity contribution in [3.63, 3.8) is 0 Å². The van der Waals surface area contributed by atoms with Crippen molar-refractivity contribution >= 4 is 34.4 Å². The fourth-order valence-electron chi connectivity index (χ4n) is 2.93. The Morgan fingerprint density at radius 2 is 1.93 bits per heavy atom. The van der Waals surface area contributed by atoms with Crippen LogP contribution in [0.3, 0.4) is 0 Å². The van der Waals surface area contributed by atoms with E-state index in [0.717, 1.165) is 11.2 Å². The zero-order valence-electron chi connectivity index (χ0n) is 15.6. The number of carbonyl (C=O) groups excluding carboxylic acids is 1. The number of esters is 1. The van der Waals surface area contributed by atoms with E-state index in [-0.39, 0.29) is 5.97 Å². The minimum absolute atomic E-state index is 0.327. The molecule has 0 aliphatic carbocycles. The monoisotopic (exact) mass is 381 g/mol. The zero-order chi connectivity index (χ0) is 19.7. The second-order valence-corrected chi connectivity index (χ2v) is 5.94. The number of nitrogens with zero attached hydrogens (tertiary/aromatic N) is 3. The number of benzene rings is 2. The molecule has 2 aromatic heterocycles. The summed E-state index contributed by atoms with van der Waals surface area (Å²) in [6, 6.07) is 10.7. The van der Waals surface area contributed by atoms with Gasteiger partial charge in [0.1, 0.15) is 0 Å². The Morgan fingerprint density at radius 1 is 1.11 bits per heavy atom. The number of hydrogen-bond acceptors (Lipinski definition) is 7. The summed E-state index contributed by atoms with van der Waals surface area (Å²) in [4.78, 5) is 20.8. The maximum Gasteiger partial charge on any atom is 0.338 e. The van der Waals surface area contributed by atoms with Crippen molar-refractivity contribution in [2.24, 2.45) is 0 Å². The van der Waals surface area contributed by atoms with Gasteiger partial charge in [-0.15, -0.1) is 0 Å². The highest BCUT2D eigenvalue weighted by molar-refractivity contribution is 5.94. The van der Waals surface area contributed by atoms with Gasteiger partial charge in [0.15, 0.2) is 11.5 Å². The lowest BCUT2D eigenvalue weighted by Gasteiger charge is -2.09. The van der Waals surface area contributed by atoms with Crippen molar-refractivity contribution in [3.8, 4) is 11.5 Å². The van der Waals surface area contributed by atoms with Crippen LogP contribution in [0.4, 0.5) is 11.6 Å². The van der Waals surface area contributed by atoms with Gasteiger partial charge >= 0.3 is 5.97 Å². The van der Waals surface area contributed by atoms with E-state index >= 15 is 0 Å². The Kier molecular flexibility index (Phi) is 4.48. The number of carbonyl (C=O) groups is 1. The molecule has 2 N–H and O–H groups in total. The summed E-state index contributed by atoms with van der Waals surface area (Å²) < 4.78 is 17.3.